The summed E-state index contributed by atoms with van der Waals surface area (Å²) < 4.78 is 9.66. The standard InChI is InChI=1S/C14H19ClN2O4/c1-9(13(18)16-14(19)21-4)17(2)8-10-7-11(15)5-6-12(10)20-3/h5-7,9H,8H2,1-4H3,(H,16,18,19)/t9-/m1/s1. The number of imide groups is 1. The van der Waals surface area contributed by atoms with Crippen molar-refractivity contribution in [2.24, 2.45) is 0 Å². The van der Waals surface area contributed by atoms with Gasteiger partial charge in [-0.15, -0.1) is 0 Å². The quantitative estimate of drug-likeness (QED) is 0.901. The van der Waals surface area contributed by atoms with E-state index in [1.807, 2.05) is 0 Å². The SMILES string of the molecule is COC(=O)NC(=O)[C@@H](C)N(C)Cc1cc(Cl)ccc1OC. The molecule has 116 valence electrons. The van der Waals surface area contributed by atoms with Crippen molar-refractivity contribution in [3.63, 3.8) is 0 Å². The molecule has 0 spiro atoms. The second kappa shape index (κ2) is 7.85. The fourth-order valence-corrected chi connectivity index (χ4v) is 1.93. The number of benzene rings is 1. The lowest BCUT2D eigenvalue weighted by atomic mass is 10.1. The third-order valence-electron chi connectivity index (χ3n) is 3.11. The lowest BCUT2D eigenvalue weighted by Gasteiger charge is -2.24. The summed E-state index contributed by atoms with van der Waals surface area (Å²) in [6.07, 6.45) is -0.777. The first-order chi connectivity index (χ1) is 9.88. The van der Waals surface area contributed by atoms with Crippen LogP contribution in [-0.4, -0.2) is 44.2 Å². The number of ether oxygens (including phenoxy) is 2. The van der Waals surface area contributed by atoms with Gasteiger partial charge in [-0.25, -0.2) is 4.79 Å². The summed E-state index contributed by atoms with van der Waals surface area (Å²) in [6, 6.07) is 4.76. The van der Waals surface area contributed by atoms with Crippen molar-refractivity contribution in [2.45, 2.75) is 19.5 Å². The van der Waals surface area contributed by atoms with Crippen LogP contribution < -0.4 is 10.1 Å². The number of rotatable bonds is 5. The van der Waals surface area contributed by atoms with Crippen molar-refractivity contribution < 1.29 is 19.1 Å². The molecule has 21 heavy (non-hydrogen) atoms. The Balaban J connectivity index is 2.76. The minimum Gasteiger partial charge on any atom is -0.496 e. The monoisotopic (exact) mass is 314 g/mol. The Morgan fingerprint density at radius 1 is 1.38 bits per heavy atom. The van der Waals surface area contributed by atoms with E-state index in [-0.39, 0.29) is 0 Å². The number of alkyl carbamates (subject to hydrolysis) is 1. The average molecular weight is 315 g/mol. The predicted molar refractivity (Wildman–Crippen MR) is 79.5 cm³/mol. The Hall–Kier alpha value is -1.79. The molecule has 0 aliphatic rings. The summed E-state index contributed by atoms with van der Waals surface area (Å²) in [4.78, 5) is 24.7. The van der Waals surface area contributed by atoms with Crippen LogP contribution in [0.3, 0.4) is 0 Å². The Bertz CT molecular complexity index is 522. The molecule has 0 aliphatic carbocycles. The van der Waals surface area contributed by atoms with Gasteiger partial charge in [0.05, 0.1) is 20.3 Å². The summed E-state index contributed by atoms with van der Waals surface area (Å²) in [6.45, 7) is 2.13. The molecule has 2 amide bonds. The third kappa shape index (κ3) is 4.91. The second-order valence-electron chi connectivity index (χ2n) is 4.53. The number of hydrogen-bond acceptors (Lipinski definition) is 5. The fourth-order valence-electron chi connectivity index (χ4n) is 1.73. The zero-order chi connectivity index (χ0) is 16.0. The van der Waals surface area contributed by atoms with Gasteiger partial charge in [0.15, 0.2) is 0 Å². The minimum absolute atomic E-state index is 0.439. The van der Waals surface area contributed by atoms with Gasteiger partial charge < -0.3 is 9.47 Å². The van der Waals surface area contributed by atoms with Crippen LogP contribution in [0.25, 0.3) is 0 Å². The number of nitrogens with zero attached hydrogens (tertiary/aromatic N) is 1. The van der Waals surface area contributed by atoms with Gasteiger partial charge in [-0.05, 0) is 32.2 Å². The largest absolute Gasteiger partial charge is 0.496 e. The highest BCUT2D eigenvalue weighted by Crippen LogP contribution is 2.24. The van der Waals surface area contributed by atoms with Crippen molar-refractivity contribution in [1.29, 1.82) is 0 Å². The van der Waals surface area contributed by atoms with Gasteiger partial charge in [0.1, 0.15) is 5.75 Å². The van der Waals surface area contributed by atoms with Crippen LogP contribution in [0.4, 0.5) is 4.79 Å². The minimum atomic E-state index is -0.777. The molecule has 1 aromatic rings. The summed E-state index contributed by atoms with van der Waals surface area (Å²) in [5.41, 5.74) is 0.852. The summed E-state index contributed by atoms with van der Waals surface area (Å²) in [7, 11) is 4.54. The zero-order valence-corrected chi connectivity index (χ0v) is 13.2. The number of carbonyl (C=O) groups is 2. The van der Waals surface area contributed by atoms with Crippen molar-refractivity contribution in [1.82, 2.24) is 10.2 Å². The highest BCUT2D eigenvalue weighted by Gasteiger charge is 2.21. The number of halogens is 1. The van der Waals surface area contributed by atoms with Crippen LogP contribution in [0.5, 0.6) is 5.75 Å². The van der Waals surface area contributed by atoms with E-state index in [0.29, 0.717) is 17.3 Å². The molecular formula is C14H19ClN2O4. The molecular weight excluding hydrogens is 296 g/mol. The van der Waals surface area contributed by atoms with Crippen LogP contribution in [0.2, 0.25) is 5.02 Å². The van der Waals surface area contributed by atoms with E-state index in [2.05, 4.69) is 10.1 Å². The highest BCUT2D eigenvalue weighted by atomic mass is 35.5. The van der Waals surface area contributed by atoms with Crippen LogP contribution in [0.15, 0.2) is 18.2 Å². The summed E-state index contributed by atoms with van der Waals surface area (Å²) >= 11 is 5.97. The molecule has 0 unspecified atom stereocenters. The highest BCUT2D eigenvalue weighted by molar-refractivity contribution is 6.30. The number of nitrogens with one attached hydrogen (secondary N) is 1. The van der Waals surface area contributed by atoms with Crippen LogP contribution in [-0.2, 0) is 16.1 Å². The van der Waals surface area contributed by atoms with Gasteiger partial charge >= 0.3 is 6.09 Å². The maximum atomic E-state index is 11.9. The zero-order valence-electron chi connectivity index (χ0n) is 12.5. The summed E-state index contributed by atoms with van der Waals surface area (Å²) in [5, 5.41) is 2.73. The number of likely N-dealkylation sites (N-methyl/N-ethyl adjacent to an activating group) is 1. The van der Waals surface area contributed by atoms with Gasteiger partial charge in [0.2, 0.25) is 5.91 Å². The number of hydrogen-bond donors (Lipinski definition) is 1. The van der Waals surface area contributed by atoms with Crippen molar-refractivity contribution in [2.75, 3.05) is 21.3 Å². The first-order valence-electron chi connectivity index (χ1n) is 6.30. The maximum absolute atomic E-state index is 11.9. The van der Waals surface area contributed by atoms with Gasteiger partial charge in [-0.1, -0.05) is 11.6 Å². The van der Waals surface area contributed by atoms with E-state index in [0.717, 1.165) is 5.56 Å². The van der Waals surface area contributed by atoms with Crippen molar-refractivity contribution in [3.05, 3.63) is 28.8 Å². The van der Waals surface area contributed by atoms with Gasteiger partial charge in [0.25, 0.3) is 0 Å². The molecule has 0 aliphatic heterocycles. The normalized spacial score (nSPS) is 11.9. The van der Waals surface area contributed by atoms with Crippen LogP contribution in [0, 0.1) is 0 Å². The molecule has 0 bridgehead atoms. The molecule has 0 saturated carbocycles. The molecule has 0 aromatic heterocycles. The average Bonchev–Trinajstić information content (AvgIpc) is 2.46. The number of methoxy groups -OCH3 is 2. The molecule has 7 heteroatoms. The molecule has 1 aromatic carbocycles. The Morgan fingerprint density at radius 2 is 2.05 bits per heavy atom. The lowest BCUT2D eigenvalue weighted by Crippen LogP contribution is -2.45. The maximum Gasteiger partial charge on any atom is 0.413 e. The second-order valence-corrected chi connectivity index (χ2v) is 4.96. The smallest absolute Gasteiger partial charge is 0.413 e. The van der Waals surface area contributed by atoms with Gasteiger partial charge in [-0.3, -0.25) is 15.0 Å². The third-order valence-corrected chi connectivity index (χ3v) is 3.35. The molecule has 1 atom stereocenters. The Labute approximate surface area is 129 Å². The van der Waals surface area contributed by atoms with Crippen LogP contribution >= 0.6 is 11.6 Å². The molecule has 0 saturated heterocycles. The lowest BCUT2D eigenvalue weighted by molar-refractivity contribution is -0.124. The first kappa shape index (κ1) is 17.3. The molecule has 0 heterocycles. The van der Waals surface area contributed by atoms with E-state index in [4.69, 9.17) is 16.3 Å². The number of carbonyl (C=O) groups excluding carboxylic acids is 2. The Morgan fingerprint density at radius 3 is 2.62 bits per heavy atom. The van der Waals surface area contributed by atoms with Crippen molar-refractivity contribution >= 4 is 23.6 Å². The van der Waals surface area contributed by atoms with Gasteiger partial charge in [-0.2, -0.15) is 0 Å². The van der Waals surface area contributed by atoms with E-state index in [9.17, 15) is 9.59 Å². The van der Waals surface area contributed by atoms with E-state index in [1.54, 1.807) is 44.2 Å². The predicted octanol–water partition coefficient (Wildman–Crippen LogP) is 2.05. The molecule has 0 radical (unpaired) electrons. The molecule has 0 fully saturated rings. The first-order valence-corrected chi connectivity index (χ1v) is 6.68. The topological polar surface area (TPSA) is 67.9 Å². The van der Waals surface area contributed by atoms with E-state index >= 15 is 0 Å². The van der Waals surface area contributed by atoms with E-state index in [1.165, 1.54) is 7.11 Å². The molecule has 1 N–H and O–H groups in total. The Kier molecular flexibility index (Phi) is 6.45. The van der Waals surface area contributed by atoms with Crippen molar-refractivity contribution in [3.8, 4) is 5.75 Å². The summed E-state index contributed by atoms with van der Waals surface area (Å²) in [5.74, 6) is 0.247. The van der Waals surface area contributed by atoms with Crippen LogP contribution in [0.1, 0.15) is 12.5 Å². The number of amides is 2. The fraction of sp³-hybridized carbons (Fsp3) is 0.429. The molecule has 6 nitrogen and oxygen atoms in total. The molecule has 1 rings (SSSR count). The van der Waals surface area contributed by atoms with Gasteiger partial charge in [0, 0.05) is 17.1 Å². The van der Waals surface area contributed by atoms with E-state index < -0.39 is 18.0 Å².